The maximum Gasteiger partial charge on any atom is 0.212 e. The minimum Gasteiger partial charge on any atom is -0.325 e. The summed E-state index contributed by atoms with van der Waals surface area (Å²) in [4.78, 5) is 18.0. The summed E-state index contributed by atoms with van der Waals surface area (Å²) in [6.07, 6.45) is 0. The molecule has 0 aliphatic rings. The number of aromatic nitrogens is 2. The van der Waals surface area contributed by atoms with E-state index in [-0.39, 0.29) is 5.78 Å². The molecule has 4 nitrogen and oxygen atoms in total. The molecule has 0 radical (unpaired) electrons. The van der Waals surface area contributed by atoms with Gasteiger partial charge in [-0.2, -0.15) is 0 Å². The van der Waals surface area contributed by atoms with Gasteiger partial charge in [0.2, 0.25) is 11.7 Å². The van der Waals surface area contributed by atoms with E-state index >= 15 is 0 Å². The van der Waals surface area contributed by atoms with Gasteiger partial charge >= 0.3 is 0 Å². The average Bonchev–Trinajstić information content (AvgIpc) is 3.05. The third-order valence-electron chi connectivity index (χ3n) is 4.42. The maximum absolute atomic E-state index is 13.3. The predicted octanol–water partition coefficient (Wildman–Crippen LogP) is 5.81. The van der Waals surface area contributed by atoms with Crippen molar-refractivity contribution in [3.05, 3.63) is 107 Å². The first kappa shape index (κ1) is 18.0. The monoisotopic (exact) mass is 387 g/mol. The standard InChI is InChI=1S/C23H18ClN3O/c1-16-21(22(28)17-12-14-18(24)15-13-17)27(20-10-6-3-7-11-20)23(25-16)26-19-8-4-2-5-9-19/h2-15H,1H3,(H,25,26). The van der Waals surface area contributed by atoms with Crippen LogP contribution in [0.2, 0.25) is 5.02 Å². The summed E-state index contributed by atoms with van der Waals surface area (Å²) < 4.78 is 1.86. The van der Waals surface area contributed by atoms with Crippen molar-refractivity contribution in [2.45, 2.75) is 6.92 Å². The number of hydrogen-bond acceptors (Lipinski definition) is 3. The molecule has 0 saturated carbocycles. The highest BCUT2D eigenvalue weighted by Gasteiger charge is 2.23. The smallest absolute Gasteiger partial charge is 0.212 e. The summed E-state index contributed by atoms with van der Waals surface area (Å²) in [5.41, 5.74) is 3.50. The van der Waals surface area contributed by atoms with Crippen molar-refractivity contribution in [1.82, 2.24) is 9.55 Å². The van der Waals surface area contributed by atoms with Crippen LogP contribution in [0.15, 0.2) is 84.9 Å². The lowest BCUT2D eigenvalue weighted by Crippen LogP contribution is -2.12. The van der Waals surface area contributed by atoms with Gasteiger partial charge in [-0.05, 0) is 55.5 Å². The number of aryl methyl sites for hydroxylation is 1. The van der Waals surface area contributed by atoms with Crippen LogP contribution < -0.4 is 5.32 Å². The number of hydrogen-bond donors (Lipinski definition) is 1. The van der Waals surface area contributed by atoms with E-state index in [2.05, 4.69) is 10.3 Å². The zero-order valence-electron chi connectivity index (χ0n) is 15.3. The fourth-order valence-corrected chi connectivity index (χ4v) is 3.22. The van der Waals surface area contributed by atoms with Crippen LogP contribution in [0.25, 0.3) is 5.69 Å². The minimum atomic E-state index is -0.105. The first-order chi connectivity index (χ1) is 13.6. The molecular formula is C23H18ClN3O. The van der Waals surface area contributed by atoms with E-state index < -0.39 is 0 Å². The molecule has 4 rings (SSSR count). The van der Waals surface area contributed by atoms with Gasteiger partial charge in [0.25, 0.3) is 0 Å². The number of carbonyl (C=O) groups is 1. The van der Waals surface area contributed by atoms with Crippen molar-refractivity contribution >= 4 is 29.0 Å². The van der Waals surface area contributed by atoms with E-state index in [1.807, 2.05) is 72.2 Å². The zero-order valence-corrected chi connectivity index (χ0v) is 16.0. The lowest BCUT2D eigenvalue weighted by atomic mass is 10.1. The molecule has 0 atom stereocenters. The summed E-state index contributed by atoms with van der Waals surface area (Å²) in [5, 5.41) is 3.92. The van der Waals surface area contributed by atoms with E-state index in [0.717, 1.165) is 11.4 Å². The second-order valence-electron chi connectivity index (χ2n) is 6.37. The van der Waals surface area contributed by atoms with E-state index in [0.29, 0.717) is 27.9 Å². The normalized spacial score (nSPS) is 10.6. The Kier molecular flexibility index (Phi) is 4.96. The molecule has 0 spiro atoms. The van der Waals surface area contributed by atoms with Crippen molar-refractivity contribution in [2.24, 2.45) is 0 Å². The first-order valence-electron chi connectivity index (χ1n) is 8.90. The van der Waals surface area contributed by atoms with Crippen LogP contribution in [0.4, 0.5) is 11.6 Å². The fraction of sp³-hybridized carbons (Fsp3) is 0.0435. The molecule has 1 aromatic heterocycles. The van der Waals surface area contributed by atoms with Crippen LogP contribution in [0.5, 0.6) is 0 Å². The van der Waals surface area contributed by atoms with Crippen molar-refractivity contribution < 1.29 is 4.79 Å². The van der Waals surface area contributed by atoms with Crippen molar-refractivity contribution in [1.29, 1.82) is 0 Å². The van der Waals surface area contributed by atoms with E-state index in [4.69, 9.17) is 11.6 Å². The zero-order chi connectivity index (χ0) is 19.5. The van der Waals surface area contributed by atoms with Crippen LogP contribution in [0, 0.1) is 6.92 Å². The largest absolute Gasteiger partial charge is 0.325 e. The minimum absolute atomic E-state index is 0.105. The Hall–Kier alpha value is -3.37. The van der Waals surface area contributed by atoms with E-state index in [1.165, 1.54) is 0 Å². The predicted molar refractivity (Wildman–Crippen MR) is 113 cm³/mol. The SMILES string of the molecule is Cc1nc(Nc2ccccc2)n(-c2ccccc2)c1C(=O)c1ccc(Cl)cc1. The number of imidazole rings is 1. The van der Waals surface area contributed by atoms with Gasteiger partial charge < -0.3 is 5.32 Å². The Morgan fingerprint density at radius 3 is 2.14 bits per heavy atom. The second-order valence-corrected chi connectivity index (χ2v) is 6.80. The molecule has 0 amide bonds. The molecule has 0 unspecified atom stereocenters. The molecule has 1 N–H and O–H groups in total. The summed E-state index contributed by atoms with van der Waals surface area (Å²) in [5.74, 6) is 0.485. The Morgan fingerprint density at radius 1 is 0.893 bits per heavy atom. The average molecular weight is 388 g/mol. The van der Waals surface area contributed by atoms with Crippen LogP contribution in [-0.4, -0.2) is 15.3 Å². The second kappa shape index (κ2) is 7.71. The van der Waals surface area contributed by atoms with Crippen molar-refractivity contribution in [2.75, 3.05) is 5.32 Å². The highest BCUT2D eigenvalue weighted by Crippen LogP contribution is 2.27. The highest BCUT2D eigenvalue weighted by molar-refractivity contribution is 6.30. The first-order valence-corrected chi connectivity index (χ1v) is 9.28. The molecule has 0 fully saturated rings. The fourth-order valence-electron chi connectivity index (χ4n) is 3.10. The molecule has 0 bridgehead atoms. The van der Waals surface area contributed by atoms with Crippen LogP contribution in [0.1, 0.15) is 21.7 Å². The van der Waals surface area contributed by atoms with Gasteiger partial charge in [-0.3, -0.25) is 9.36 Å². The van der Waals surface area contributed by atoms with Gasteiger partial charge in [0.1, 0.15) is 5.69 Å². The molecule has 3 aromatic carbocycles. The Balaban J connectivity index is 1.86. The Bertz CT molecular complexity index is 1100. The van der Waals surface area contributed by atoms with E-state index in [9.17, 15) is 4.79 Å². The van der Waals surface area contributed by atoms with Crippen LogP contribution >= 0.6 is 11.6 Å². The molecular weight excluding hydrogens is 370 g/mol. The van der Waals surface area contributed by atoms with E-state index in [1.54, 1.807) is 24.3 Å². The summed E-state index contributed by atoms with van der Waals surface area (Å²) >= 11 is 5.98. The highest BCUT2D eigenvalue weighted by atomic mass is 35.5. The molecule has 0 aliphatic carbocycles. The number of benzene rings is 3. The number of halogens is 1. The number of rotatable bonds is 5. The molecule has 138 valence electrons. The summed E-state index contributed by atoms with van der Waals surface area (Å²) in [6, 6.07) is 26.4. The van der Waals surface area contributed by atoms with Crippen LogP contribution in [0.3, 0.4) is 0 Å². The molecule has 1 heterocycles. The number of para-hydroxylation sites is 2. The number of ketones is 1. The van der Waals surface area contributed by atoms with Gasteiger partial charge in [-0.1, -0.05) is 48.0 Å². The lowest BCUT2D eigenvalue weighted by molar-refractivity contribution is 0.103. The van der Waals surface area contributed by atoms with Gasteiger partial charge in [0, 0.05) is 22.0 Å². The van der Waals surface area contributed by atoms with Gasteiger partial charge in [-0.25, -0.2) is 4.98 Å². The van der Waals surface area contributed by atoms with Crippen LogP contribution in [-0.2, 0) is 0 Å². The maximum atomic E-state index is 13.3. The topological polar surface area (TPSA) is 46.9 Å². The van der Waals surface area contributed by atoms with Gasteiger partial charge in [0.05, 0.1) is 5.69 Å². The molecule has 28 heavy (non-hydrogen) atoms. The Labute approximate surface area is 168 Å². The lowest BCUT2D eigenvalue weighted by Gasteiger charge is -2.13. The molecule has 5 heteroatoms. The molecule has 0 saturated heterocycles. The number of carbonyl (C=O) groups excluding carboxylic acids is 1. The number of nitrogens with zero attached hydrogens (tertiary/aromatic N) is 2. The quantitative estimate of drug-likeness (QED) is 0.439. The van der Waals surface area contributed by atoms with Crippen molar-refractivity contribution in [3.8, 4) is 5.69 Å². The number of anilines is 2. The Morgan fingerprint density at radius 2 is 1.50 bits per heavy atom. The van der Waals surface area contributed by atoms with Crippen molar-refractivity contribution in [3.63, 3.8) is 0 Å². The third-order valence-corrected chi connectivity index (χ3v) is 4.67. The third kappa shape index (κ3) is 3.55. The number of nitrogens with one attached hydrogen (secondary N) is 1. The van der Waals surface area contributed by atoms with Gasteiger partial charge in [-0.15, -0.1) is 0 Å². The van der Waals surface area contributed by atoms with Gasteiger partial charge in [0.15, 0.2) is 0 Å². The molecule has 0 aliphatic heterocycles. The molecule has 4 aromatic rings. The summed E-state index contributed by atoms with van der Waals surface area (Å²) in [7, 11) is 0. The summed E-state index contributed by atoms with van der Waals surface area (Å²) in [6.45, 7) is 1.85.